The van der Waals surface area contributed by atoms with Gasteiger partial charge in [-0.1, -0.05) is 6.07 Å². The predicted octanol–water partition coefficient (Wildman–Crippen LogP) is 2.23. The molecule has 0 amide bonds. The van der Waals surface area contributed by atoms with Gasteiger partial charge in [0.05, 0.1) is 6.42 Å². The standard InChI is InChI=1S/C12H16FNO2/c1-6-4-7(2)12(13)8(3)11(6)9(14)5-10(15)16/h4,9H,5,14H2,1-3H3,(H,15,16). The Bertz CT molecular complexity index is 430. The molecule has 0 saturated carbocycles. The van der Waals surface area contributed by atoms with Crippen LogP contribution >= 0.6 is 0 Å². The Morgan fingerprint density at radius 1 is 1.44 bits per heavy atom. The van der Waals surface area contributed by atoms with Crippen molar-refractivity contribution in [2.75, 3.05) is 0 Å². The van der Waals surface area contributed by atoms with Crippen LogP contribution in [-0.4, -0.2) is 11.1 Å². The van der Waals surface area contributed by atoms with Gasteiger partial charge >= 0.3 is 5.97 Å². The number of aliphatic carboxylic acids is 1. The van der Waals surface area contributed by atoms with Crippen LogP contribution in [0.1, 0.15) is 34.7 Å². The van der Waals surface area contributed by atoms with Gasteiger partial charge in [-0.15, -0.1) is 0 Å². The maximum absolute atomic E-state index is 13.7. The first-order chi connectivity index (χ1) is 7.34. The number of hydrogen-bond acceptors (Lipinski definition) is 2. The lowest BCUT2D eigenvalue weighted by Gasteiger charge is -2.17. The van der Waals surface area contributed by atoms with E-state index in [9.17, 15) is 9.18 Å². The summed E-state index contributed by atoms with van der Waals surface area (Å²) in [7, 11) is 0. The average Bonchev–Trinajstić information content (AvgIpc) is 2.13. The third kappa shape index (κ3) is 2.39. The third-order valence-electron chi connectivity index (χ3n) is 2.70. The van der Waals surface area contributed by atoms with Crippen LogP contribution in [0, 0.1) is 26.6 Å². The molecule has 1 unspecified atom stereocenters. The van der Waals surface area contributed by atoms with Gasteiger partial charge in [0.25, 0.3) is 0 Å². The molecule has 0 heterocycles. The van der Waals surface area contributed by atoms with Crippen molar-refractivity contribution in [1.29, 1.82) is 0 Å². The molecule has 16 heavy (non-hydrogen) atoms. The fourth-order valence-electron chi connectivity index (χ4n) is 2.04. The van der Waals surface area contributed by atoms with Crippen LogP contribution in [0.15, 0.2) is 6.07 Å². The molecule has 0 spiro atoms. The summed E-state index contributed by atoms with van der Waals surface area (Å²) in [5.41, 5.74) is 8.22. The van der Waals surface area contributed by atoms with Crippen molar-refractivity contribution in [2.45, 2.75) is 33.2 Å². The molecule has 0 bridgehead atoms. The van der Waals surface area contributed by atoms with Crippen molar-refractivity contribution >= 4 is 5.97 Å². The lowest BCUT2D eigenvalue weighted by atomic mass is 9.92. The van der Waals surface area contributed by atoms with E-state index in [0.29, 0.717) is 16.7 Å². The van der Waals surface area contributed by atoms with Gasteiger partial charge in [0.2, 0.25) is 0 Å². The number of carboxylic acid groups (broad SMARTS) is 1. The second-order valence-electron chi connectivity index (χ2n) is 4.07. The van der Waals surface area contributed by atoms with Crippen LogP contribution in [-0.2, 0) is 4.79 Å². The quantitative estimate of drug-likeness (QED) is 0.829. The summed E-state index contributed by atoms with van der Waals surface area (Å²) in [6, 6.07) is 1.03. The average molecular weight is 225 g/mol. The van der Waals surface area contributed by atoms with Crippen LogP contribution < -0.4 is 5.73 Å². The summed E-state index contributed by atoms with van der Waals surface area (Å²) < 4.78 is 13.7. The zero-order valence-corrected chi connectivity index (χ0v) is 9.67. The first kappa shape index (κ1) is 12.6. The topological polar surface area (TPSA) is 63.3 Å². The Kier molecular flexibility index (Phi) is 3.65. The fraction of sp³-hybridized carbons (Fsp3) is 0.417. The van der Waals surface area contributed by atoms with Gasteiger partial charge in [0, 0.05) is 6.04 Å². The molecule has 1 rings (SSSR count). The smallest absolute Gasteiger partial charge is 0.305 e. The SMILES string of the molecule is Cc1cc(C)c(C(N)CC(=O)O)c(C)c1F. The molecule has 0 aliphatic rings. The fourth-order valence-corrected chi connectivity index (χ4v) is 2.04. The summed E-state index contributed by atoms with van der Waals surface area (Å²) in [4.78, 5) is 10.6. The Labute approximate surface area is 94.1 Å². The highest BCUT2D eigenvalue weighted by molar-refractivity contribution is 5.68. The number of hydrogen-bond donors (Lipinski definition) is 2. The number of aryl methyl sites for hydroxylation is 2. The van der Waals surface area contributed by atoms with Gasteiger partial charge in [-0.05, 0) is 43.0 Å². The summed E-state index contributed by atoms with van der Waals surface area (Å²) in [6.07, 6.45) is -0.190. The molecule has 1 aromatic rings. The van der Waals surface area contributed by atoms with Crippen molar-refractivity contribution < 1.29 is 14.3 Å². The number of rotatable bonds is 3. The number of carboxylic acids is 1. The molecule has 0 radical (unpaired) electrons. The largest absolute Gasteiger partial charge is 0.481 e. The van der Waals surface area contributed by atoms with Gasteiger partial charge in [-0.2, -0.15) is 0 Å². The van der Waals surface area contributed by atoms with E-state index in [1.165, 1.54) is 0 Å². The zero-order valence-electron chi connectivity index (χ0n) is 9.67. The van der Waals surface area contributed by atoms with E-state index >= 15 is 0 Å². The molecule has 0 aromatic heterocycles. The van der Waals surface area contributed by atoms with Gasteiger partial charge in [0.15, 0.2) is 0 Å². The Hall–Kier alpha value is -1.42. The molecule has 3 N–H and O–H groups in total. The maximum atomic E-state index is 13.7. The number of benzene rings is 1. The molecule has 88 valence electrons. The molecular weight excluding hydrogens is 209 g/mol. The van der Waals surface area contributed by atoms with Gasteiger partial charge < -0.3 is 10.8 Å². The van der Waals surface area contributed by atoms with Crippen molar-refractivity contribution in [2.24, 2.45) is 5.73 Å². The normalized spacial score (nSPS) is 12.6. The predicted molar refractivity (Wildman–Crippen MR) is 59.8 cm³/mol. The lowest BCUT2D eigenvalue weighted by molar-refractivity contribution is -0.137. The Morgan fingerprint density at radius 2 is 2.00 bits per heavy atom. The molecule has 0 aliphatic carbocycles. The third-order valence-corrected chi connectivity index (χ3v) is 2.70. The Morgan fingerprint density at radius 3 is 2.50 bits per heavy atom. The highest BCUT2D eigenvalue weighted by Crippen LogP contribution is 2.26. The summed E-state index contributed by atoms with van der Waals surface area (Å²) in [5, 5.41) is 8.68. The Balaban J connectivity index is 3.23. The van der Waals surface area contributed by atoms with Gasteiger partial charge in [-0.3, -0.25) is 4.79 Å². The lowest BCUT2D eigenvalue weighted by Crippen LogP contribution is -2.18. The molecule has 0 aliphatic heterocycles. The molecule has 0 fully saturated rings. The van der Waals surface area contributed by atoms with E-state index in [2.05, 4.69) is 0 Å². The van der Waals surface area contributed by atoms with Crippen LogP contribution in [0.4, 0.5) is 4.39 Å². The van der Waals surface area contributed by atoms with Crippen molar-refractivity contribution in [3.63, 3.8) is 0 Å². The molecule has 0 saturated heterocycles. The molecule has 4 heteroatoms. The monoisotopic (exact) mass is 225 g/mol. The number of nitrogens with two attached hydrogens (primary N) is 1. The molecular formula is C12H16FNO2. The van der Waals surface area contributed by atoms with Gasteiger partial charge in [0.1, 0.15) is 5.82 Å². The number of carbonyl (C=O) groups is 1. The van der Waals surface area contributed by atoms with E-state index < -0.39 is 12.0 Å². The van der Waals surface area contributed by atoms with E-state index in [-0.39, 0.29) is 12.2 Å². The van der Waals surface area contributed by atoms with Crippen molar-refractivity contribution in [3.8, 4) is 0 Å². The van der Waals surface area contributed by atoms with Crippen LogP contribution in [0.3, 0.4) is 0 Å². The van der Waals surface area contributed by atoms with Crippen LogP contribution in [0.2, 0.25) is 0 Å². The summed E-state index contributed by atoms with van der Waals surface area (Å²) in [6.45, 7) is 5.13. The molecule has 3 nitrogen and oxygen atoms in total. The highest BCUT2D eigenvalue weighted by atomic mass is 19.1. The highest BCUT2D eigenvalue weighted by Gasteiger charge is 2.18. The second-order valence-corrected chi connectivity index (χ2v) is 4.07. The number of halogens is 1. The second kappa shape index (κ2) is 4.61. The first-order valence-corrected chi connectivity index (χ1v) is 5.08. The van der Waals surface area contributed by atoms with E-state index in [1.54, 1.807) is 19.9 Å². The van der Waals surface area contributed by atoms with Crippen LogP contribution in [0.25, 0.3) is 0 Å². The minimum Gasteiger partial charge on any atom is -0.481 e. The summed E-state index contributed by atoms with van der Waals surface area (Å²) >= 11 is 0. The van der Waals surface area contributed by atoms with E-state index in [4.69, 9.17) is 10.8 Å². The zero-order chi connectivity index (χ0) is 12.5. The van der Waals surface area contributed by atoms with Crippen molar-refractivity contribution in [1.82, 2.24) is 0 Å². The molecule has 1 aromatic carbocycles. The van der Waals surface area contributed by atoms with E-state index in [0.717, 1.165) is 5.56 Å². The van der Waals surface area contributed by atoms with E-state index in [1.807, 2.05) is 6.92 Å². The first-order valence-electron chi connectivity index (χ1n) is 5.08. The minimum absolute atomic E-state index is 0.190. The van der Waals surface area contributed by atoms with Crippen LogP contribution in [0.5, 0.6) is 0 Å². The molecule has 1 atom stereocenters. The summed E-state index contributed by atoms with van der Waals surface area (Å²) in [5.74, 6) is -1.28. The minimum atomic E-state index is -0.979. The van der Waals surface area contributed by atoms with Crippen molar-refractivity contribution in [3.05, 3.63) is 34.1 Å². The van der Waals surface area contributed by atoms with Gasteiger partial charge in [-0.25, -0.2) is 4.39 Å². The maximum Gasteiger partial charge on any atom is 0.305 e.